The molecule has 1 saturated heterocycles. The van der Waals surface area contributed by atoms with E-state index in [0.717, 1.165) is 38.8 Å². The smallest absolute Gasteiger partial charge is 0.246 e. The summed E-state index contributed by atoms with van der Waals surface area (Å²) in [7, 11) is -1.63. The summed E-state index contributed by atoms with van der Waals surface area (Å²) in [5.41, 5.74) is 5.25. The van der Waals surface area contributed by atoms with E-state index in [2.05, 4.69) is 0 Å². The van der Waals surface area contributed by atoms with Gasteiger partial charge in [-0.3, -0.25) is 4.79 Å². The van der Waals surface area contributed by atoms with Crippen LogP contribution >= 0.6 is 0 Å². The minimum atomic E-state index is -3.24. The summed E-state index contributed by atoms with van der Waals surface area (Å²) in [4.78, 5) is 14.6. The van der Waals surface area contributed by atoms with Gasteiger partial charge in [0.05, 0.1) is 19.6 Å². The maximum absolute atomic E-state index is 12.9. The first-order chi connectivity index (χ1) is 15.7. The molecule has 0 unspecified atom stereocenters. The Morgan fingerprint density at radius 2 is 1.79 bits per heavy atom. The van der Waals surface area contributed by atoms with Crippen LogP contribution in [0, 0.1) is 6.92 Å². The van der Waals surface area contributed by atoms with Gasteiger partial charge in [-0.2, -0.15) is 4.31 Å². The summed E-state index contributed by atoms with van der Waals surface area (Å²) < 4.78 is 36.5. The van der Waals surface area contributed by atoms with E-state index in [9.17, 15) is 13.2 Å². The molecule has 0 saturated carbocycles. The second-order valence-electron chi connectivity index (χ2n) is 8.29. The number of fused-ring (bicyclic) bond motifs is 1. The van der Waals surface area contributed by atoms with Crippen LogP contribution in [0.25, 0.3) is 27.7 Å². The summed E-state index contributed by atoms with van der Waals surface area (Å²) in [5, 5.41) is 0.955. The SMILES string of the molecule is COc1c(/C(C)=C/C(=O)N2CCN(S(C)(=O)=O)CC2)cc2c(-c3ccccc3)coc2c1C. The van der Waals surface area contributed by atoms with E-state index in [1.54, 1.807) is 24.3 Å². The average Bonchev–Trinajstić information content (AvgIpc) is 3.23. The third kappa shape index (κ3) is 4.54. The summed E-state index contributed by atoms with van der Waals surface area (Å²) in [6.07, 6.45) is 4.54. The van der Waals surface area contributed by atoms with Crippen LogP contribution in [0.3, 0.4) is 0 Å². The number of hydrogen-bond acceptors (Lipinski definition) is 5. The van der Waals surface area contributed by atoms with Crippen molar-refractivity contribution in [1.82, 2.24) is 9.21 Å². The Labute approximate surface area is 194 Å². The molecule has 4 rings (SSSR count). The molecular weight excluding hydrogens is 440 g/mol. The minimum absolute atomic E-state index is 0.143. The van der Waals surface area contributed by atoms with Crippen molar-refractivity contribution in [2.75, 3.05) is 39.5 Å². The normalized spacial score (nSPS) is 15.8. The van der Waals surface area contributed by atoms with Gasteiger partial charge in [0.1, 0.15) is 11.3 Å². The van der Waals surface area contributed by atoms with Crippen LogP contribution in [0.1, 0.15) is 18.1 Å². The number of methoxy groups -OCH3 is 1. The first-order valence-electron chi connectivity index (χ1n) is 10.8. The molecule has 0 aliphatic carbocycles. The van der Waals surface area contributed by atoms with E-state index in [0.29, 0.717) is 31.9 Å². The largest absolute Gasteiger partial charge is 0.496 e. The van der Waals surface area contributed by atoms with Crippen LogP contribution in [-0.4, -0.2) is 63.1 Å². The van der Waals surface area contributed by atoms with Crippen LogP contribution in [0.5, 0.6) is 5.75 Å². The molecule has 1 aromatic heterocycles. The number of amides is 1. The first kappa shape index (κ1) is 23.1. The fourth-order valence-electron chi connectivity index (χ4n) is 4.31. The third-order valence-electron chi connectivity index (χ3n) is 6.12. The van der Waals surface area contributed by atoms with Gasteiger partial charge < -0.3 is 14.1 Å². The van der Waals surface area contributed by atoms with Crippen molar-refractivity contribution in [2.24, 2.45) is 0 Å². The predicted octanol–water partition coefficient (Wildman–Crippen LogP) is 3.92. The number of hydrogen-bond donors (Lipinski definition) is 0. The van der Waals surface area contributed by atoms with E-state index in [4.69, 9.17) is 9.15 Å². The summed E-state index contributed by atoms with van der Waals surface area (Å²) >= 11 is 0. The summed E-state index contributed by atoms with van der Waals surface area (Å²) in [5.74, 6) is 0.524. The number of furan rings is 1. The van der Waals surface area contributed by atoms with Crippen molar-refractivity contribution in [1.29, 1.82) is 0 Å². The molecule has 1 aliphatic heterocycles. The van der Waals surface area contributed by atoms with Gasteiger partial charge >= 0.3 is 0 Å². The second kappa shape index (κ2) is 9.03. The summed E-state index contributed by atoms with van der Waals surface area (Å²) in [6, 6.07) is 12.0. The Kier molecular flexibility index (Phi) is 6.32. The number of carbonyl (C=O) groups is 1. The number of nitrogens with zero attached hydrogens (tertiary/aromatic N) is 2. The van der Waals surface area contributed by atoms with Crippen molar-refractivity contribution in [3.05, 3.63) is 59.9 Å². The topological polar surface area (TPSA) is 80.1 Å². The van der Waals surface area contributed by atoms with Crippen molar-refractivity contribution < 1.29 is 22.4 Å². The van der Waals surface area contributed by atoms with Crippen molar-refractivity contribution in [3.63, 3.8) is 0 Å². The highest BCUT2D eigenvalue weighted by Gasteiger charge is 2.26. The second-order valence-corrected chi connectivity index (χ2v) is 10.3. The highest BCUT2D eigenvalue weighted by atomic mass is 32.2. The molecule has 1 amide bonds. The number of ether oxygens (including phenoxy) is 1. The first-order valence-corrected chi connectivity index (χ1v) is 12.6. The highest BCUT2D eigenvalue weighted by Crippen LogP contribution is 2.40. The third-order valence-corrected chi connectivity index (χ3v) is 7.42. The zero-order valence-electron chi connectivity index (χ0n) is 19.3. The van der Waals surface area contributed by atoms with Crippen LogP contribution in [0.15, 0.2) is 53.2 Å². The van der Waals surface area contributed by atoms with Crippen molar-refractivity contribution in [3.8, 4) is 16.9 Å². The maximum Gasteiger partial charge on any atom is 0.246 e. The molecule has 0 radical (unpaired) electrons. The fraction of sp³-hybridized carbons (Fsp3) is 0.320. The number of aryl methyl sites for hydroxylation is 1. The van der Waals surface area contributed by atoms with Crippen LogP contribution in [0.2, 0.25) is 0 Å². The van der Waals surface area contributed by atoms with Gasteiger partial charge in [-0.1, -0.05) is 30.3 Å². The molecule has 8 heteroatoms. The number of benzene rings is 2. The number of sulfonamides is 1. The van der Waals surface area contributed by atoms with Gasteiger partial charge in [-0.05, 0) is 31.1 Å². The lowest BCUT2D eigenvalue weighted by Gasteiger charge is -2.32. The lowest BCUT2D eigenvalue weighted by molar-refractivity contribution is -0.127. The van der Waals surface area contributed by atoms with E-state index in [-0.39, 0.29) is 5.91 Å². The molecule has 2 aromatic carbocycles. The molecule has 7 nitrogen and oxygen atoms in total. The number of allylic oxidation sites excluding steroid dienone is 1. The predicted molar refractivity (Wildman–Crippen MR) is 130 cm³/mol. The molecule has 0 spiro atoms. The van der Waals surface area contributed by atoms with Crippen LogP contribution in [0.4, 0.5) is 0 Å². The van der Waals surface area contributed by atoms with Crippen molar-refractivity contribution >= 4 is 32.5 Å². The lowest BCUT2D eigenvalue weighted by Crippen LogP contribution is -2.49. The monoisotopic (exact) mass is 468 g/mol. The zero-order chi connectivity index (χ0) is 23.8. The van der Waals surface area contributed by atoms with Gasteiger partial charge in [0.2, 0.25) is 15.9 Å². The van der Waals surface area contributed by atoms with Gasteiger partial charge in [0.25, 0.3) is 0 Å². The lowest BCUT2D eigenvalue weighted by atomic mass is 9.96. The number of piperazine rings is 1. The molecule has 1 aliphatic rings. The van der Waals surface area contributed by atoms with Gasteiger partial charge in [-0.25, -0.2) is 8.42 Å². The molecule has 0 N–H and O–H groups in total. The summed E-state index contributed by atoms with van der Waals surface area (Å²) in [6.45, 7) is 5.18. The molecule has 1 fully saturated rings. The molecular formula is C25H28N2O5S. The zero-order valence-corrected chi connectivity index (χ0v) is 20.1. The Hall–Kier alpha value is -3.10. The standard InChI is InChI=1S/C25H28N2O5S/c1-17(14-23(28)26-10-12-27(13-11-26)33(4,29)30)20-15-21-22(19-8-6-5-7-9-19)16-32-25(21)18(2)24(20)31-3/h5-9,14-16H,10-13H2,1-4H3/b17-14+. The minimum Gasteiger partial charge on any atom is -0.496 e. The number of rotatable bonds is 5. The van der Waals surface area contributed by atoms with Crippen LogP contribution in [-0.2, 0) is 14.8 Å². The molecule has 0 atom stereocenters. The van der Waals surface area contributed by atoms with Crippen LogP contribution < -0.4 is 4.74 Å². The highest BCUT2D eigenvalue weighted by molar-refractivity contribution is 7.88. The molecule has 33 heavy (non-hydrogen) atoms. The molecule has 174 valence electrons. The van der Waals surface area contributed by atoms with E-state index < -0.39 is 10.0 Å². The van der Waals surface area contributed by atoms with Gasteiger partial charge in [-0.15, -0.1) is 0 Å². The number of carbonyl (C=O) groups excluding carboxylic acids is 1. The molecule has 3 aromatic rings. The average molecular weight is 469 g/mol. The van der Waals surface area contributed by atoms with E-state index in [1.807, 2.05) is 50.2 Å². The molecule has 0 bridgehead atoms. The Bertz CT molecular complexity index is 1320. The fourth-order valence-corrected chi connectivity index (χ4v) is 5.13. The quantitative estimate of drug-likeness (QED) is 0.530. The Morgan fingerprint density at radius 1 is 1.12 bits per heavy atom. The van der Waals surface area contributed by atoms with E-state index >= 15 is 0 Å². The molecule has 2 heterocycles. The van der Waals surface area contributed by atoms with Gasteiger partial charge in [0.15, 0.2) is 0 Å². The Balaban J connectivity index is 1.68. The van der Waals surface area contributed by atoms with E-state index in [1.165, 1.54) is 10.6 Å². The Morgan fingerprint density at radius 3 is 2.39 bits per heavy atom. The maximum atomic E-state index is 12.9. The van der Waals surface area contributed by atoms with Gasteiger partial charge in [0, 0.05) is 54.3 Å². The van der Waals surface area contributed by atoms with Crippen molar-refractivity contribution in [2.45, 2.75) is 13.8 Å².